The summed E-state index contributed by atoms with van der Waals surface area (Å²) in [5.74, 6) is 1.29. The normalized spacial score (nSPS) is 11.1. The molecule has 0 aromatic carbocycles. The Hall–Kier alpha value is -1.13. The number of pyridine rings is 1. The fourth-order valence-electron chi connectivity index (χ4n) is 1.90. The summed E-state index contributed by atoms with van der Waals surface area (Å²) in [5.41, 5.74) is 1.94. The molecule has 1 heterocycles. The van der Waals surface area contributed by atoms with Crippen LogP contribution in [0.15, 0.2) is 12.1 Å². The molecular weight excluding hydrogens is 240 g/mol. The van der Waals surface area contributed by atoms with Gasteiger partial charge in [-0.1, -0.05) is 13.8 Å². The van der Waals surface area contributed by atoms with Gasteiger partial charge in [0, 0.05) is 25.4 Å². The van der Waals surface area contributed by atoms with Gasteiger partial charge in [-0.3, -0.25) is 0 Å². The molecule has 0 atom stereocenters. The summed E-state index contributed by atoms with van der Waals surface area (Å²) in [4.78, 5) is 6.87. The maximum absolute atomic E-state index is 9.37. The van der Waals surface area contributed by atoms with Gasteiger partial charge in [0.15, 0.2) is 0 Å². The number of aliphatic hydroxyl groups is 1. The Balaban J connectivity index is 2.91. The van der Waals surface area contributed by atoms with Crippen LogP contribution in [-0.4, -0.2) is 36.4 Å². The van der Waals surface area contributed by atoms with Gasteiger partial charge in [0.2, 0.25) is 0 Å². The molecule has 0 saturated carbocycles. The van der Waals surface area contributed by atoms with Gasteiger partial charge >= 0.3 is 0 Å². The Bertz CT molecular complexity index is 380. The third-order valence-electron chi connectivity index (χ3n) is 3.08. The molecule has 0 amide bonds. The van der Waals surface area contributed by atoms with Crippen molar-refractivity contribution < 1.29 is 9.84 Å². The van der Waals surface area contributed by atoms with E-state index in [1.165, 1.54) is 0 Å². The van der Waals surface area contributed by atoms with Crippen LogP contribution < -0.4 is 4.90 Å². The number of aliphatic hydroxyl groups excluding tert-OH is 1. The summed E-state index contributed by atoms with van der Waals surface area (Å²) in [5, 5.41) is 9.37. The van der Waals surface area contributed by atoms with E-state index in [0.717, 1.165) is 36.8 Å². The Labute approximate surface area is 116 Å². The summed E-state index contributed by atoms with van der Waals surface area (Å²) in [6.07, 6.45) is 0. The van der Waals surface area contributed by atoms with Crippen molar-refractivity contribution in [1.29, 1.82) is 0 Å². The van der Waals surface area contributed by atoms with Crippen molar-refractivity contribution in [2.45, 2.75) is 40.2 Å². The Morgan fingerprint density at radius 2 is 2.05 bits per heavy atom. The zero-order valence-corrected chi connectivity index (χ0v) is 12.5. The first-order valence-corrected chi connectivity index (χ1v) is 7.06. The molecule has 108 valence electrons. The van der Waals surface area contributed by atoms with E-state index >= 15 is 0 Å². The summed E-state index contributed by atoms with van der Waals surface area (Å²) in [7, 11) is 0. The van der Waals surface area contributed by atoms with Crippen molar-refractivity contribution in [2.24, 2.45) is 0 Å². The van der Waals surface area contributed by atoms with Crippen LogP contribution in [0.1, 0.15) is 44.9 Å². The predicted octanol–water partition coefficient (Wildman–Crippen LogP) is 2.56. The average molecular weight is 266 g/mol. The number of anilines is 1. The van der Waals surface area contributed by atoms with Crippen LogP contribution in [-0.2, 0) is 11.3 Å². The molecule has 4 nitrogen and oxygen atoms in total. The van der Waals surface area contributed by atoms with E-state index in [4.69, 9.17) is 9.72 Å². The lowest BCUT2D eigenvalue weighted by molar-refractivity contribution is 0.154. The first-order valence-electron chi connectivity index (χ1n) is 7.06. The Morgan fingerprint density at radius 1 is 1.32 bits per heavy atom. The highest BCUT2D eigenvalue weighted by Crippen LogP contribution is 2.20. The molecule has 0 bridgehead atoms. The SMILES string of the molecule is CCOCCN(CC)c1cc(CO)cc(C(C)C)n1. The van der Waals surface area contributed by atoms with E-state index in [0.29, 0.717) is 12.5 Å². The van der Waals surface area contributed by atoms with E-state index < -0.39 is 0 Å². The van der Waals surface area contributed by atoms with Crippen LogP contribution in [0.2, 0.25) is 0 Å². The van der Waals surface area contributed by atoms with Gasteiger partial charge in [-0.05, 0) is 37.5 Å². The summed E-state index contributed by atoms with van der Waals surface area (Å²) in [6, 6.07) is 3.94. The van der Waals surface area contributed by atoms with E-state index in [-0.39, 0.29) is 6.61 Å². The van der Waals surface area contributed by atoms with Crippen molar-refractivity contribution in [3.63, 3.8) is 0 Å². The van der Waals surface area contributed by atoms with Crippen molar-refractivity contribution in [3.05, 3.63) is 23.4 Å². The zero-order valence-electron chi connectivity index (χ0n) is 12.5. The second-order valence-electron chi connectivity index (χ2n) is 4.85. The molecule has 0 saturated heterocycles. The lowest BCUT2D eigenvalue weighted by Crippen LogP contribution is -2.28. The third kappa shape index (κ3) is 4.80. The largest absolute Gasteiger partial charge is 0.392 e. The molecule has 1 rings (SSSR count). The molecule has 19 heavy (non-hydrogen) atoms. The summed E-state index contributed by atoms with van der Waals surface area (Å²) >= 11 is 0. The lowest BCUT2D eigenvalue weighted by Gasteiger charge is -2.23. The van der Waals surface area contributed by atoms with Crippen molar-refractivity contribution >= 4 is 5.82 Å². The second kappa shape index (κ2) is 8.12. The van der Waals surface area contributed by atoms with Crippen LogP contribution in [0, 0.1) is 0 Å². The fourth-order valence-corrected chi connectivity index (χ4v) is 1.90. The topological polar surface area (TPSA) is 45.6 Å². The van der Waals surface area contributed by atoms with E-state index in [1.807, 2.05) is 19.1 Å². The Morgan fingerprint density at radius 3 is 2.58 bits per heavy atom. The monoisotopic (exact) mass is 266 g/mol. The standard InChI is InChI=1S/C15H26N2O2/c1-5-17(7-8-19-6-2)15-10-13(11-18)9-14(16-15)12(3)4/h9-10,12,18H,5-8,11H2,1-4H3. The number of nitrogens with zero attached hydrogens (tertiary/aromatic N) is 2. The van der Waals surface area contributed by atoms with E-state index in [9.17, 15) is 5.11 Å². The van der Waals surface area contributed by atoms with Gasteiger partial charge in [-0.15, -0.1) is 0 Å². The second-order valence-corrected chi connectivity index (χ2v) is 4.85. The fraction of sp³-hybridized carbons (Fsp3) is 0.667. The highest BCUT2D eigenvalue weighted by Gasteiger charge is 2.10. The van der Waals surface area contributed by atoms with Gasteiger partial charge in [0.25, 0.3) is 0 Å². The molecule has 0 radical (unpaired) electrons. The molecule has 0 aliphatic heterocycles. The predicted molar refractivity (Wildman–Crippen MR) is 78.6 cm³/mol. The first-order chi connectivity index (χ1) is 9.12. The molecule has 0 aliphatic rings. The average Bonchev–Trinajstić information content (AvgIpc) is 2.43. The minimum absolute atomic E-state index is 0.0538. The highest BCUT2D eigenvalue weighted by molar-refractivity contribution is 5.43. The molecule has 0 fully saturated rings. The third-order valence-corrected chi connectivity index (χ3v) is 3.08. The molecule has 0 aliphatic carbocycles. The van der Waals surface area contributed by atoms with Crippen LogP contribution in [0.3, 0.4) is 0 Å². The van der Waals surface area contributed by atoms with E-state index in [2.05, 4.69) is 25.7 Å². The maximum atomic E-state index is 9.37. The summed E-state index contributed by atoms with van der Waals surface area (Å²) in [6.45, 7) is 11.5. The van der Waals surface area contributed by atoms with Crippen LogP contribution in [0.4, 0.5) is 5.82 Å². The van der Waals surface area contributed by atoms with Crippen LogP contribution in [0.5, 0.6) is 0 Å². The van der Waals surface area contributed by atoms with Crippen molar-refractivity contribution in [3.8, 4) is 0 Å². The zero-order chi connectivity index (χ0) is 14.3. The minimum Gasteiger partial charge on any atom is -0.392 e. The van der Waals surface area contributed by atoms with Crippen molar-refractivity contribution in [2.75, 3.05) is 31.2 Å². The number of hydrogen-bond donors (Lipinski definition) is 1. The Kier molecular flexibility index (Phi) is 6.81. The molecule has 1 N–H and O–H groups in total. The number of aromatic nitrogens is 1. The number of hydrogen-bond acceptors (Lipinski definition) is 4. The number of rotatable bonds is 8. The highest BCUT2D eigenvalue weighted by atomic mass is 16.5. The smallest absolute Gasteiger partial charge is 0.129 e. The quantitative estimate of drug-likeness (QED) is 0.735. The lowest BCUT2D eigenvalue weighted by atomic mass is 10.1. The van der Waals surface area contributed by atoms with Gasteiger partial charge < -0.3 is 14.7 Å². The molecule has 0 unspecified atom stereocenters. The summed E-state index contributed by atoms with van der Waals surface area (Å²) < 4.78 is 5.40. The molecule has 1 aromatic rings. The molecular formula is C15H26N2O2. The molecule has 0 spiro atoms. The van der Waals surface area contributed by atoms with Gasteiger partial charge in [-0.2, -0.15) is 0 Å². The minimum atomic E-state index is 0.0538. The van der Waals surface area contributed by atoms with Crippen LogP contribution >= 0.6 is 0 Å². The van der Waals surface area contributed by atoms with Crippen molar-refractivity contribution in [1.82, 2.24) is 4.98 Å². The van der Waals surface area contributed by atoms with E-state index in [1.54, 1.807) is 0 Å². The maximum Gasteiger partial charge on any atom is 0.129 e. The first kappa shape index (κ1) is 15.9. The number of likely N-dealkylation sites (N-methyl/N-ethyl adjacent to an activating group) is 1. The van der Waals surface area contributed by atoms with Gasteiger partial charge in [0.05, 0.1) is 13.2 Å². The van der Waals surface area contributed by atoms with Gasteiger partial charge in [0.1, 0.15) is 5.82 Å². The van der Waals surface area contributed by atoms with Crippen LogP contribution in [0.25, 0.3) is 0 Å². The molecule has 4 heteroatoms. The van der Waals surface area contributed by atoms with Gasteiger partial charge in [-0.25, -0.2) is 4.98 Å². The number of ether oxygens (including phenoxy) is 1. The molecule has 1 aromatic heterocycles.